The first-order valence-electron chi connectivity index (χ1n) is 7.09. The summed E-state index contributed by atoms with van der Waals surface area (Å²) in [4.78, 5) is 27.4. The third-order valence-corrected chi connectivity index (χ3v) is 4.23. The molecule has 2 aliphatic heterocycles. The van der Waals surface area contributed by atoms with Gasteiger partial charge in [0.25, 0.3) is 5.91 Å². The number of halogens is 2. The van der Waals surface area contributed by atoms with Crippen molar-refractivity contribution in [3.8, 4) is 0 Å². The van der Waals surface area contributed by atoms with Crippen molar-refractivity contribution in [1.29, 1.82) is 0 Å². The third-order valence-electron chi connectivity index (χ3n) is 4.23. The largest absolute Gasteiger partial charge is 0.374 e. The van der Waals surface area contributed by atoms with Gasteiger partial charge in [-0.2, -0.15) is 0 Å². The van der Waals surface area contributed by atoms with Crippen LogP contribution in [0.2, 0.25) is 0 Å². The fraction of sp³-hybridized carbons (Fsp3) is 0.467. The molecule has 0 saturated carbocycles. The summed E-state index contributed by atoms with van der Waals surface area (Å²) < 4.78 is 31.9. The average Bonchev–Trinajstić information content (AvgIpc) is 2.87. The molecule has 3 rings (SSSR count). The molecule has 0 unspecified atom stereocenters. The van der Waals surface area contributed by atoms with Crippen molar-refractivity contribution in [3.05, 3.63) is 35.4 Å². The Morgan fingerprint density at radius 2 is 2.05 bits per heavy atom. The number of fused-ring (bicyclic) bond motifs is 1. The Kier molecular flexibility index (Phi) is 3.82. The molecule has 2 fully saturated rings. The van der Waals surface area contributed by atoms with Gasteiger partial charge in [-0.25, -0.2) is 8.78 Å². The van der Waals surface area contributed by atoms with Gasteiger partial charge in [0.05, 0.1) is 25.2 Å². The zero-order valence-electron chi connectivity index (χ0n) is 12.1. The number of amides is 2. The zero-order chi connectivity index (χ0) is 15.9. The highest BCUT2D eigenvalue weighted by Gasteiger charge is 2.41. The van der Waals surface area contributed by atoms with Crippen LogP contribution in [0.15, 0.2) is 18.2 Å². The molecule has 2 aliphatic rings. The Morgan fingerprint density at radius 1 is 1.27 bits per heavy atom. The van der Waals surface area contributed by atoms with E-state index >= 15 is 0 Å². The molecule has 0 radical (unpaired) electrons. The lowest BCUT2D eigenvalue weighted by molar-refractivity contribution is -0.131. The fourth-order valence-electron chi connectivity index (χ4n) is 2.93. The van der Waals surface area contributed by atoms with Crippen LogP contribution in [0.1, 0.15) is 16.8 Å². The number of hydrogen-bond acceptors (Lipinski definition) is 3. The fourth-order valence-corrected chi connectivity index (χ4v) is 2.93. The van der Waals surface area contributed by atoms with E-state index in [1.54, 1.807) is 11.9 Å². The van der Waals surface area contributed by atoms with Crippen molar-refractivity contribution in [2.45, 2.75) is 18.6 Å². The maximum atomic E-state index is 13.3. The minimum Gasteiger partial charge on any atom is -0.374 e. The minimum absolute atomic E-state index is 0.0189. The van der Waals surface area contributed by atoms with Crippen LogP contribution in [-0.4, -0.2) is 60.5 Å². The van der Waals surface area contributed by atoms with E-state index in [1.165, 1.54) is 11.0 Å². The first-order chi connectivity index (χ1) is 10.5. The number of likely N-dealkylation sites (N-methyl/N-ethyl adjacent to an activating group) is 1. The van der Waals surface area contributed by atoms with Crippen molar-refractivity contribution in [3.63, 3.8) is 0 Å². The van der Waals surface area contributed by atoms with Crippen molar-refractivity contribution >= 4 is 11.8 Å². The monoisotopic (exact) mass is 310 g/mol. The zero-order valence-corrected chi connectivity index (χ0v) is 12.1. The summed E-state index contributed by atoms with van der Waals surface area (Å²) in [6, 6.07) is 2.87. The van der Waals surface area contributed by atoms with E-state index in [0.717, 1.165) is 12.1 Å². The van der Waals surface area contributed by atoms with Crippen molar-refractivity contribution in [2.24, 2.45) is 0 Å². The number of rotatable bonds is 1. The average molecular weight is 310 g/mol. The first-order valence-corrected chi connectivity index (χ1v) is 7.09. The SMILES string of the molecule is CN1C(=O)CCO[C@H]2CN(C(=O)c3ccc(F)c(F)c3)C[C@@H]21. The van der Waals surface area contributed by atoms with Crippen LogP contribution in [0.5, 0.6) is 0 Å². The molecular weight excluding hydrogens is 294 g/mol. The molecule has 0 spiro atoms. The summed E-state index contributed by atoms with van der Waals surface area (Å²) in [5.74, 6) is -2.45. The number of carbonyl (C=O) groups excluding carboxylic acids is 2. The molecule has 2 amide bonds. The van der Waals surface area contributed by atoms with Crippen LogP contribution in [0, 0.1) is 11.6 Å². The summed E-state index contributed by atoms with van der Waals surface area (Å²) in [7, 11) is 1.69. The molecule has 2 atom stereocenters. The van der Waals surface area contributed by atoms with E-state index in [9.17, 15) is 18.4 Å². The number of hydrogen-bond donors (Lipinski definition) is 0. The lowest BCUT2D eigenvalue weighted by Gasteiger charge is -2.25. The van der Waals surface area contributed by atoms with E-state index in [1.807, 2.05) is 0 Å². The normalized spacial score (nSPS) is 25.1. The smallest absolute Gasteiger partial charge is 0.254 e. The second kappa shape index (κ2) is 5.64. The Morgan fingerprint density at radius 3 is 2.77 bits per heavy atom. The van der Waals surface area contributed by atoms with Gasteiger partial charge in [0.1, 0.15) is 0 Å². The Hall–Kier alpha value is -2.02. The summed E-state index contributed by atoms with van der Waals surface area (Å²) in [5.41, 5.74) is 0.0874. The van der Waals surface area contributed by atoms with Crippen LogP contribution in [0.3, 0.4) is 0 Å². The van der Waals surface area contributed by atoms with Gasteiger partial charge in [-0.3, -0.25) is 9.59 Å². The van der Waals surface area contributed by atoms with Gasteiger partial charge in [0, 0.05) is 25.7 Å². The highest BCUT2D eigenvalue weighted by molar-refractivity contribution is 5.94. The molecule has 0 bridgehead atoms. The maximum Gasteiger partial charge on any atom is 0.254 e. The molecule has 7 heteroatoms. The summed E-state index contributed by atoms with van der Waals surface area (Å²) >= 11 is 0. The standard InChI is InChI=1S/C15H16F2N2O3/c1-18-12-7-19(8-13(12)22-5-4-14(18)20)15(21)9-2-3-10(16)11(17)6-9/h2-3,6,12-13H,4-5,7-8H2,1H3/t12-,13-/m0/s1. The second-order valence-corrected chi connectivity index (χ2v) is 5.57. The Bertz CT molecular complexity index is 623. The van der Waals surface area contributed by atoms with E-state index in [-0.39, 0.29) is 23.6 Å². The second-order valence-electron chi connectivity index (χ2n) is 5.57. The van der Waals surface area contributed by atoms with Crippen molar-refractivity contribution in [1.82, 2.24) is 9.80 Å². The Balaban J connectivity index is 1.78. The third kappa shape index (κ3) is 2.56. The number of likely N-dealkylation sites (tertiary alicyclic amines) is 1. The van der Waals surface area contributed by atoms with E-state index < -0.39 is 17.5 Å². The number of nitrogens with zero attached hydrogens (tertiary/aromatic N) is 2. The number of ether oxygens (including phenoxy) is 1. The summed E-state index contributed by atoms with van der Waals surface area (Å²) in [6.45, 7) is 0.988. The molecule has 1 aromatic carbocycles. The topological polar surface area (TPSA) is 49.9 Å². The molecule has 5 nitrogen and oxygen atoms in total. The van der Waals surface area contributed by atoms with Crippen LogP contribution < -0.4 is 0 Å². The molecule has 0 N–H and O–H groups in total. The van der Waals surface area contributed by atoms with Crippen molar-refractivity contribution < 1.29 is 23.1 Å². The van der Waals surface area contributed by atoms with Gasteiger partial charge in [0.15, 0.2) is 11.6 Å². The molecule has 118 valence electrons. The van der Waals surface area contributed by atoms with Crippen LogP contribution >= 0.6 is 0 Å². The highest BCUT2D eigenvalue weighted by atomic mass is 19.2. The van der Waals surface area contributed by atoms with Crippen LogP contribution in [0.4, 0.5) is 8.78 Å². The molecular formula is C15H16F2N2O3. The molecule has 2 saturated heterocycles. The number of benzene rings is 1. The number of carbonyl (C=O) groups is 2. The highest BCUT2D eigenvalue weighted by Crippen LogP contribution is 2.24. The van der Waals surface area contributed by atoms with Gasteiger partial charge in [-0.15, -0.1) is 0 Å². The molecule has 2 heterocycles. The van der Waals surface area contributed by atoms with Crippen LogP contribution in [-0.2, 0) is 9.53 Å². The predicted molar refractivity (Wildman–Crippen MR) is 73.2 cm³/mol. The first kappa shape index (κ1) is 14.9. The van der Waals surface area contributed by atoms with E-state index in [4.69, 9.17) is 4.74 Å². The van der Waals surface area contributed by atoms with Gasteiger partial charge >= 0.3 is 0 Å². The van der Waals surface area contributed by atoms with E-state index in [0.29, 0.717) is 26.1 Å². The predicted octanol–water partition coefficient (Wildman–Crippen LogP) is 1.04. The summed E-state index contributed by atoms with van der Waals surface area (Å²) in [6.07, 6.45) is 0.0892. The van der Waals surface area contributed by atoms with Gasteiger partial charge < -0.3 is 14.5 Å². The molecule has 0 aromatic heterocycles. The maximum absolute atomic E-state index is 13.3. The summed E-state index contributed by atoms with van der Waals surface area (Å²) in [5, 5.41) is 0. The van der Waals surface area contributed by atoms with Gasteiger partial charge in [0.2, 0.25) is 5.91 Å². The lowest BCUT2D eigenvalue weighted by atomic mass is 10.2. The van der Waals surface area contributed by atoms with E-state index in [2.05, 4.69) is 0 Å². The Labute approximate surface area is 126 Å². The lowest BCUT2D eigenvalue weighted by Crippen LogP contribution is -2.43. The quantitative estimate of drug-likeness (QED) is 0.779. The van der Waals surface area contributed by atoms with Crippen molar-refractivity contribution in [2.75, 3.05) is 26.7 Å². The minimum atomic E-state index is -1.05. The molecule has 0 aliphatic carbocycles. The van der Waals surface area contributed by atoms with Crippen LogP contribution in [0.25, 0.3) is 0 Å². The molecule has 1 aromatic rings. The van der Waals surface area contributed by atoms with Gasteiger partial charge in [-0.05, 0) is 18.2 Å². The molecule has 22 heavy (non-hydrogen) atoms. The van der Waals surface area contributed by atoms with Gasteiger partial charge in [-0.1, -0.05) is 0 Å².